The van der Waals surface area contributed by atoms with Crippen molar-refractivity contribution in [2.75, 3.05) is 18.8 Å². The SMILES string of the molecule is CCC(C)NC(=O)C1CSC2(CCN(C(=O)c3cc(Cl)cc(Cl)c3)CC2)N1. The molecule has 2 fully saturated rings. The first-order valence-electron chi connectivity index (χ1n) is 9.29. The first kappa shape index (κ1) is 20.8. The average molecular weight is 430 g/mol. The Kier molecular flexibility index (Phi) is 6.62. The summed E-state index contributed by atoms with van der Waals surface area (Å²) in [6, 6.07) is 4.94. The molecule has 0 aliphatic carbocycles. The maximum atomic E-state index is 12.8. The second-order valence-electron chi connectivity index (χ2n) is 7.27. The van der Waals surface area contributed by atoms with Gasteiger partial charge in [0.25, 0.3) is 5.91 Å². The van der Waals surface area contributed by atoms with Crippen molar-refractivity contribution in [2.45, 2.75) is 50.1 Å². The van der Waals surface area contributed by atoms with Crippen molar-refractivity contribution in [3.63, 3.8) is 0 Å². The number of nitrogens with zero attached hydrogens (tertiary/aromatic N) is 1. The first-order chi connectivity index (χ1) is 12.8. The van der Waals surface area contributed by atoms with Crippen LogP contribution in [-0.4, -0.2) is 52.5 Å². The summed E-state index contributed by atoms with van der Waals surface area (Å²) in [5, 5.41) is 7.49. The Balaban J connectivity index is 1.57. The van der Waals surface area contributed by atoms with Crippen LogP contribution in [0.15, 0.2) is 18.2 Å². The van der Waals surface area contributed by atoms with E-state index in [1.54, 1.807) is 30.0 Å². The molecule has 27 heavy (non-hydrogen) atoms. The normalized spacial score (nSPS) is 22.7. The molecular weight excluding hydrogens is 405 g/mol. The van der Waals surface area contributed by atoms with Crippen molar-refractivity contribution >= 4 is 46.8 Å². The summed E-state index contributed by atoms with van der Waals surface area (Å²) in [7, 11) is 0. The number of amides is 2. The molecule has 2 N–H and O–H groups in total. The highest BCUT2D eigenvalue weighted by Gasteiger charge is 2.44. The van der Waals surface area contributed by atoms with Gasteiger partial charge in [0.15, 0.2) is 0 Å². The van der Waals surface area contributed by atoms with Gasteiger partial charge in [-0.15, -0.1) is 11.8 Å². The molecule has 2 unspecified atom stereocenters. The minimum Gasteiger partial charge on any atom is -0.352 e. The van der Waals surface area contributed by atoms with Gasteiger partial charge in [-0.3, -0.25) is 14.9 Å². The van der Waals surface area contributed by atoms with Crippen molar-refractivity contribution in [3.05, 3.63) is 33.8 Å². The zero-order chi connectivity index (χ0) is 19.6. The molecule has 1 aromatic carbocycles. The summed E-state index contributed by atoms with van der Waals surface area (Å²) in [4.78, 5) is 26.8. The van der Waals surface area contributed by atoms with Crippen LogP contribution in [0, 0.1) is 0 Å². The number of benzene rings is 1. The first-order valence-corrected chi connectivity index (χ1v) is 11.0. The lowest BCUT2D eigenvalue weighted by Crippen LogP contribution is -2.55. The standard InChI is InChI=1S/C19H25Cl2N3O2S/c1-3-12(2)22-17(25)16-11-27-19(23-16)4-6-24(7-5-19)18(26)13-8-14(20)10-15(21)9-13/h8-10,12,16,23H,3-7,11H2,1-2H3,(H,22,25). The number of hydrogen-bond donors (Lipinski definition) is 2. The van der Waals surface area contributed by atoms with Gasteiger partial charge in [0, 0.05) is 40.5 Å². The summed E-state index contributed by atoms with van der Waals surface area (Å²) in [5.41, 5.74) is 0.515. The highest BCUT2D eigenvalue weighted by atomic mass is 35.5. The van der Waals surface area contributed by atoms with Crippen molar-refractivity contribution < 1.29 is 9.59 Å². The maximum absolute atomic E-state index is 12.8. The van der Waals surface area contributed by atoms with E-state index in [2.05, 4.69) is 17.6 Å². The Morgan fingerprint density at radius 3 is 2.52 bits per heavy atom. The van der Waals surface area contributed by atoms with Gasteiger partial charge in [0.2, 0.25) is 5.91 Å². The molecule has 1 spiro atoms. The van der Waals surface area contributed by atoms with E-state index in [0.29, 0.717) is 28.7 Å². The van der Waals surface area contributed by atoms with Crippen molar-refractivity contribution in [2.24, 2.45) is 0 Å². The highest BCUT2D eigenvalue weighted by molar-refractivity contribution is 8.01. The summed E-state index contributed by atoms with van der Waals surface area (Å²) >= 11 is 13.8. The van der Waals surface area contributed by atoms with Crippen LogP contribution in [0.4, 0.5) is 0 Å². The van der Waals surface area contributed by atoms with E-state index in [9.17, 15) is 9.59 Å². The molecule has 2 aliphatic heterocycles. The van der Waals surface area contributed by atoms with Crippen LogP contribution in [0.25, 0.3) is 0 Å². The number of carbonyl (C=O) groups is 2. The third kappa shape index (κ3) is 4.91. The average Bonchev–Trinajstić information content (AvgIpc) is 3.04. The number of likely N-dealkylation sites (tertiary alicyclic amines) is 1. The van der Waals surface area contributed by atoms with E-state index < -0.39 is 0 Å². The molecule has 2 saturated heterocycles. The molecule has 1 aromatic rings. The second-order valence-corrected chi connectivity index (χ2v) is 9.55. The van der Waals surface area contributed by atoms with Crippen LogP contribution < -0.4 is 10.6 Å². The van der Waals surface area contributed by atoms with Crippen molar-refractivity contribution in [1.82, 2.24) is 15.5 Å². The molecule has 0 saturated carbocycles. The molecule has 5 nitrogen and oxygen atoms in total. The van der Waals surface area contributed by atoms with Crippen LogP contribution in [0.1, 0.15) is 43.5 Å². The molecule has 2 heterocycles. The molecule has 8 heteroatoms. The van der Waals surface area contributed by atoms with Gasteiger partial charge < -0.3 is 10.2 Å². The summed E-state index contributed by atoms with van der Waals surface area (Å²) in [5.74, 6) is 0.782. The van der Waals surface area contributed by atoms with Crippen LogP contribution in [-0.2, 0) is 4.79 Å². The van der Waals surface area contributed by atoms with E-state index in [0.717, 1.165) is 25.0 Å². The monoisotopic (exact) mass is 429 g/mol. The zero-order valence-corrected chi connectivity index (χ0v) is 17.9. The smallest absolute Gasteiger partial charge is 0.253 e. The van der Waals surface area contributed by atoms with Gasteiger partial charge in [-0.2, -0.15) is 0 Å². The van der Waals surface area contributed by atoms with E-state index in [4.69, 9.17) is 23.2 Å². The predicted molar refractivity (Wildman–Crippen MR) is 112 cm³/mol. The molecular formula is C19H25Cl2N3O2S. The molecule has 0 aromatic heterocycles. The van der Waals surface area contributed by atoms with Crippen LogP contribution >= 0.6 is 35.0 Å². The van der Waals surface area contributed by atoms with E-state index in [1.807, 2.05) is 11.8 Å². The summed E-state index contributed by atoms with van der Waals surface area (Å²) < 4.78 is 0. The molecule has 2 aliphatic rings. The number of halogens is 2. The third-order valence-corrected chi connectivity index (χ3v) is 7.26. The fourth-order valence-electron chi connectivity index (χ4n) is 3.45. The van der Waals surface area contributed by atoms with Crippen LogP contribution in [0.3, 0.4) is 0 Å². The Hall–Kier alpha value is -0.950. The van der Waals surface area contributed by atoms with Gasteiger partial charge in [0.1, 0.15) is 0 Å². The number of thioether (sulfide) groups is 1. The quantitative estimate of drug-likeness (QED) is 0.767. The highest BCUT2D eigenvalue weighted by Crippen LogP contribution is 2.39. The second kappa shape index (κ2) is 8.60. The lowest BCUT2D eigenvalue weighted by atomic mass is 10.0. The van der Waals surface area contributed by atoms with Gasteiger partial charge in [0.05, 0.1) is 10.9 Å². The Labute approximate surface area is 174 Å². The number of hydrogen-bond acceptors (Lipinski definition) is 4. The third-order valence-electron chi connectivity index (χ3n) is 5.25. The van der Waals surface area contributed by atoms with E-state index in [1.165, 1.54) is 0 Å². The number of piperidine rings is 1. The maximum Gasteiger partial charge on any atom is 0.253 e. The van der Waals surface area contributed by atoms with E-state index in [-0.39, 0.29) is 28.8 Å². The van der Waals surface area contributed by atoms with Crippen molar-refractivity contribution in [3.8, 4) is 0 Å². The van der Waals surface area contributed by atoms with Gasteiger partial charge in [-0.1, -0.05) is 30.1 Å². The molecule has 2 atom stereocenters. The molecule has 2 amide bonds. The lowest BCUT2D eigenvalue weighted by molar-refractivity contribution is -0.123. The molecule has 148 valence electrons. The summed E-state index contributed by atoms with van der Waals surface area (Å²) in [6.07, 6.45) is 2.54. The number of rotatable bonds is 4. The number of nitrogens with one attached hydrogen (secondary N) is 2. The van der Waals surface area contributed by atoms with Gasteiger partial charge in [-0.05, 0) is 44.4 Å². The fraction of sp³-hybridized carbons (Fsp3) is 0.579. The van der Waals surface area contributed by atoms with Crippen LogP contribution in [0.2, 0.25) is 10.0 Å². The molecule has 3 rings (SSSR count). The van der Waals surface area contributed by atoms with Crippen molar-refractivity contribution in [1.29, 1.82) is 0 Å². The van der Waals surface area contributed by atoms with Gasteiger partial charge >= 0.3 is 0 Å². The Morgan fingerprint density at radius 2 is 1.93 bits per heavy atom. The van der Waals surface area contributed by atoms with E-state index >= 15 is 0 Å². The topological polar surface area (TPSA) is 61.4 Å². The van der Waals surface area contributed by atoms with Gasteiger partial charge in [-0.25, -0.2) is 0 Å². The fourth-order valence-corrected chi connectivity index (χ4v) is 5.39. The molecule has 0 radical (unpaired) electrons. The Morgan fingerprint density at radius 1 is 1.30 bits per heavy atom. The zero-order valence-electron chi connectivity index (χ0n) is 15.6. The lowest BCUT2D eigenvalue weighted by Gasteiger charge is -2.39. The largest absolute Gasteiger partial charge is 0.352 e. The minimum absolute atomic E-state index is 0.0525. The Bertz CT molecular complexity index is 703. The molecule has 0 bridgehead atoms. The number of carbonyl (C=O) groups excluding carboxylic acids is 2. The van der Waals surface area contributed by atoms with Crippen LogP contribution in [0.5, 0.6) is 0 Å². The predicted octanol–water partition coefficient (Wildman–Crippen LogP) is 3.55. The minimum atomic E-state index is -0.169. The summed E-state index contributed by atoms with van der Waals surface area (Å²) in [6.45, 7) is 5.36.